The third-order valence-electron chi connectivity index (χ3n) is 5.52. The highest BCUT2D eigenvalue weighted by atomic mass is 16.7. The van der Waals surface area contributed by atoms with Gasteiger partial charge in [0.2, 0.25) is 18.1 Å². The molecule has 0 unspecified atom stereocenters. The van der Waals surface area contributed by atoms with E-state index < -0.39 is 0 Å². The molecule has 0 bridgehead atoms. The predicted molar refractivity (Wildman–Crippen MR) is 124 cm³/mol. The topological polar surface area (TPSA) is 86.6 Å². The van der Waals surface area contributed by atoms with Crippen LogP contribution in [0.3, 0.4) is 0 Å². The Morgan fingerprint density at radius 1 is 0.970 bits per heavy atom. The number of nitrogens with one attached hydrogen (secondary N) is 1. The summed E-state index contributed by atoms with van der Waals surface area (Å²) in [5.74, 6) is 0.498. The van der Waals surface area contributed by atoms with Gasteiger partial charge in [0.1, 0.15) is 6.54 Å². The van der Waals surface area contributed by atoms with E-state index in [1.807, 2.05) is 19.1 Å². The summed E-state index contributed by atoms with van der Waals surface area (Å²) < 4.78 is 12.3. The number of pyridine rings is 1. The fourth-order valence-electron chi connectivity index (χ4n) is 3.83. The van der Waals surface area contributed by atoms with Crippen molar-refractivity contribution < 1.29 is 19.1 Å². The normalized spacial score (nSPS) is 12.0. The van der Waals surface area contributed by atoms with Gasteiger partial charge in [0.15, 0.2) is 17.3 Å². The third kappa shape index (κ3) is 3.96. The van der Waals surface area contributed by atoms with E-state index in [-0.39, 0.29) is 36.0 Å². The van der Waals surface area contributed by atoms with Crippen molar-refractivity contribution in [1.29, 1.82) is 0 Å². The van der Waals surface area contributed by atoms with Gasteiger partial charge < -0.3 is 19.4 Å². The molecule has 3 aromatic carbocycles. The van der Waals surface area contributed by atoms with Crippen molar-refractivity contribution in [3.63, 3.8) is 0 Å². The lowest BCUT2D eigenvalue weighted by molar-refractivity contribution is -0.116. The van der Waals surface area contributed by atoms with Crippen molar-refractivity contribution in [3.8, 4) is 11.5 Å². The summed E-state index contributed by atoms with van der Waals surface area (Å²) in [6, 6.07) is 19.1. The Labute approximate surface area is 189 Å². The fourth-order valence-corrected chi connectivity index (χ4v) is 3.83. The molecule has 0 radical (unpaired) electrons. The molecule has 0 atom stereocenters. The first kappa shape index (κ1) is 20.5. The van der Waals surface area contributed by atoms with Crippen molar-refractivity contribution >= 4 is 28.3 Å². The monoisotopic (exact) mass is 440 g/mol. The first-order valence-corrected chi connectivity index (χ1v) is 10.4. The molecule has 164 valence electrons. The second-order valence-corrected chi connectivity index (χ2v) is 7.83. The third-order valence-corrected chi connectivity index (χ3v) is 5.52. The first-order valence-electron chi connectivity index (χ1n) is 10.4. The molecule has 1 amide bonds. The zero-order valence-electron chi connectivity index (χ0n) is 17.8. The van der Waals surface area contributed by atoms with Crippen LogP contribution >= 0.6 is 0 Å². The van der Waals surface area contributed by atoms with E-state index in [0.717, 1.165) is 5.56 Å². The molecule has 0 saturated carbocycles. The molecule has 1 aliphatic heterocycles. The predicted octanol–water partition coefficient (Wildman–Crippen LogP) is 3.91. The maximum atomic E-state index is 13.1. The van der Waals surface area contributed by atoms with Crippen LogP contribution in [0.15, 0.2) is 77.7 Å². The molecule has 1 aliphatic rings. The fraction of sp³-hybridized carbons (Fsp3) is 0.115. The summed E-state index contributed by atoms with van der Waals surface area (Å²) in [5.41, 5.74) is 2.23. The minimum absolute atomic E-state index is 0.0217. The summed E-state index contributed by atoms with van der Waals surface area (Å²) >= 11 is 0. The number of hydrogen-bond acceptors (Lipinski definition) is 5. The molecule has 0 saturated heterocycles. The average Bonchev–Trinajstić information content (AvgIpc) is 3.29. The van der Waals surface area contributed by atoms with Crippen LogP contribution in [-0.2, 0) is 11.3 Å². The molecular formula is C26H20N2O5. The van der Waals surface area contributed by atoms with Gasteiger partial charge >= 0.3 is 0 Å². The van der Waals surface area contributed by atoms with Crippen molar-refractivity contribution in [3.05, 3.63) is 99.8 Å². The Hall–Kier alpha value is -4.39. The number of anilines is 1. The summed E-state index contributed by atoms with van der Waals surface area (Å²) in [5, 5.41) is 3.21. The quantitative estimate of drug-likeness (QED) is 0.476. The summed E-state index contributed by atoms with van der Waals surface area (Å²) in [4.78, 5) is 39.0. The molecule has 1 N–H and O–H groups in total. The zero-order valence-corrected chi connectivity index (χ0v) is 17.8. The molecule has 5 rings (SSSR count). The minimum Gasteiger partial charge on any atom is -0.454 e. The van der Waals surface area contributed by atoms with Gasteiger partial charge in [-0.2, -0.15) is 0 Å². The number of rotatable bonds is 5. The van der Waals surface area contributed by atoms with E-state index in [9.17, 15) is 14.4 Å². The lowest BCUT2D eigenvalue weighted by Crippen LogP contribution is -2.24. The lowest BCUT2D eigenvalue weighted by atomic mass is 10.0. The van der Waals surface area contributed by atoms with Gasteiger partial charge in [-0.3, -0.25) is 14.4 Å². The molecule has 0 aliphatic carbocycles. The van der Waals surface area contributed by atoms with Crippen molar-refractivity contribution in [2.75, 3.05) is 12.1 Å². The van der Waals surface area contributed by atoms with Crippen LogP contribution < -0.4 is 20.2 Å². The second kappa shape index (κ2) is 8.27. The van der Waals surface area contributed by atoms with E-state index >= 15 is 0 Å². The number of aromatic nitrogens is 1. The molecule has 1 aromatic heterocycles. The maximum absolute atomic E-state index is 13.1. The van der Waals surface area contributed by atoms with Crippen LogP contribution in [0.4, 0.5) is 5.69 Å². The number of para-hydroxylation sites is 1. The van der Waals surface area contributed by atoms with Crippen LogP contribution in [0.2, 0.25) is 0 Å². The molecule has 7 nitrogen and oxygen atoms in total. The number of ketones is 1. The van der Waals surface area contributed by atoms with Crippen LogP contribution in [-0.4, -0.2) is 23.1 Å². The smallest absolute Gasteiger partial charge is 0.244 e. The van der Waals surface area contributed by atoms with Gasteiger partial charge in [0.05, 0.1) is 11.1 Å². The van der Waals surface area contributed by atoms with Gasteiger partial charge in [-0.05, 0) is 31.2 Å². The van der Waals surface area contributed by atoms with E-state index in [0.29, 0.717) is 33.7 Å². The zero-order chi connectivity index (χ0) is 22.9. The Morgan fingerprint density at radius 2 is 1.73 bits per heavy atom. The lowest BCUT2D eigenvalue weighted by Gasteiger charge is -2.14. The highest BCUT2D eigenvalue weighted by molar-refractivity contribution is 6.10. The van der Waals surface area contributed by atoms with Crippen LogP contribution in [0.25, 0.3) is 10.9 Å². The molecule has 7 heteroatoms. The number of carbonyl (C=O) groups excluding carboxylic acids is 2. The average molecular weight is 440 g/mol. The van der Waals surface area contributed by atoms with Crippen LogP contribution in [0.5, 0.6) is 11.5 Å². The Morgan fingerprint density at radius 3 is 2.55 bits per heavy atom. The number of fused-ring (bicyclic) bond motifs is 2. The molecule has 2 heterocycles. The summed E-state index contributed by atoms with van der Waals surface area (Å²) in [7, 11) is 0. The number of aryl methyl sites for hydroxylation is 1. The van der Waals surface area contributed by atoms with Crippen molar-refractivity contribution in [2.24, 2.45) is 0 Å². The van der Waals surface area contributed by atoms with Gasteiger partial charge in [0.25, 0.3) is 0 Å². The number of hydrogen-bond donors (Lipinski definition) is 1. The van der Waals surface area contributed by atoms with Gasteiger partial charge in [-0.15, -0.1) is 0 Å². The first-order chi connectivity index (χ1) is 16.0. The Balaban J connectivity index is 1.49. The molecular weight excluding hydrogens is 420 g/mol. The van der Waals surface area contributed by atoms with E-state index in [2.05, 4.69) is 5.32 Å². The Kier molecular flexibility index (Phi) is 5.14. The second-order valence-electron chi connectivity index (χ2n) is 7.83. The molecule has 4 aromatic rings. The van der Waals surface area contributed by atoms with Crippen LogP contribution in [0.1, 0.15) is 21.5 Å². The number of benzene rings is 3. The van der Waals surface area contributed by atoms with E-state index in [1.165, 1.54) is 6.20 Å². The minimum atomic E-state index is -0.379. The van der Waals surface area contributed by atoms with Gasteiger partial charge in [-0.1, -0.05) is 42.0 Å². The van der Waals surface area contributed by atoms with E-state index in [1.54, 1.807) is 59.2 Å². The van der Waals surface area contributed by atoms with Crippen molar-refractivity contribution in [1.82, 2.24) is 4.57 Å². The summed E-state index contributed by atoms with van der Waals surface area (Å²) in [6.07, 6.45) is 1.46. The SMILES string of the molecule is Cc1ccc(C(=O)c2cn(CC(=O)Nc3ccc4c(c3)OCO4)c3ccccc3c2=O)cc1. The number of carbonyl (C=O) groups is 2. The standard InChI is InChI=1S/C26H20N2O5/c1-16-6-8-17(9-7-16)25(30)20-13-28(21-5-3-2-4-19(21)26(20)31)14-24(29)27-18-10-11-22-23(12-18)33-15-32-22/h2-13H,14-15H2,1H3,(H,27,29). The number of ether oxygens (including phenoxy) is 2. The molecule has 33 heavy (non-hydrogen) atoms. The van der Waals surface area contributed by atoms with Gasteiger partial charge in [0, 0.05) is 28.9 Å². The van der Waals surface area contributed by atoms with Gasteiger partial charge in [-0.25, -0.2) is 0 Å². The highest BCUT2D eigenvalue weighted by Crippen LogP contribution is 2.34. The van der Waals surface area contributed by atoms with E-state index in [4.69, 9.17) is 9.47 Å². The largest absolute Gasteiger partial charge is 0.454 e. The molecule has 0 spiro atoms. The number of amides is 1. The van der Waals surface area contributed by atoms with Crippen molar-refractivity contribution in [2.45, 2.75) is 13.5 Å². The molecule has 0 fully saturated rings. The summed E-state index contributed by atoms with van der Waals surface area (Å²) in [6.45, 7) is 1.99. The Bertz CT molecular complexity index is 1450. The highest BCUT2D eigenvalue weighted by Gasteiger charge is 2.19. The van der Waals surface area contributed by atoms with Crippen LogP contribution in [0, 0.1) is 6.92 Å². The number of nitrogens with zero attached hydrogens (tertiary/aromatic N) is 1. The maximum Gasteiger partial charge on any atom is 0.244 e.